The van der Waals surface area contributed by atoms with Gasteiger partial charge in [0.1, 0.15) is 0 Å². The Kier molecular flexibility index (Phi) is 6.06. The summed E-state index contributed by atoms with van der Waals surface area (Å²) in [6, 6.07) is 0.295. The summed E-state index contributed by atoms with van der Waals surface area (Å²) in [5.41, 5.74) is 0. The molecular formula is C18H33N3O3S. The summed E-state index contributed by atoms with van der Waals surface area (Å²) in [4.78, 5) is 12.6. The van der Waals surface area contributed by atoms with Gasteiger partial charge in [-0.3, -0.25) is 4.79 Å². The number of hydrogen-bond acceptors (Lipinski definition) is 3. The highest BCUT2D eigenvalue weighted by atomic mass is 32.2. The normalized spacial score (nSPS) is 33.4. The molecule has 0 bridgehead atoms. The van der Waals surface area contributed by atoms with Crippen LogP contribution in [0.5, 0.6) is 0 Å². The van der Waals surface area contributed by atoms with Crippen LogP contribution in [0.1, 0.15) is 58.8 Å². The zero-order chi connectivity index (χ0) is 18.0. The second-order valence-electron chi connectivity index (χ2n) is 8.46. The lowest BCUT2D eigenvalue weighted by Gasteiger charge is -2.39. The van der Waals surface area contributed by atoms with Crippen molar-refractivity contribution in [3.8, 4) is 0 Å². The van der Waals surface area contributed by atoms with Crippen molar-refractivity contribution in [3.63, 3.8) is 0 Å². The van der Waals surface area contributed by atoms with Gasteiger partial charge in [-0.15, -0.1) is 0 Å². The summed E-state index contributed by atoms with van der Waals surface area (Å²) in [5, 5.41) is 3.14. The second kappa shape index (κ2) is 7.92. The van der Waals surface area contributed by atoms with Crippen molar-refractivity contribution in [2.24, 2.45) is 17.8 Å². The van der Waals surface area contributed by atoms with Crippen molar-refractivity contribution in [2.75, 3.05) is 26.2 Å². The molecule has 3 rings (SSSR count). The Hall–Kier alpha value is -0.660. The van der Waals surface area contributed by atoms with Crippen LogP contribution in [0.4, 0.5) is 0 Å². The molecule has 2 heterocycles. The summed E-state index contributed by atoms with van der Waals surface area (Å²) in [5.74, 6) is 0.630. The van der Waals surface area contributed by atoms with Gasteiger partial charge in [-0.2, -0.15) is 17.0 Å². The minimum atomic E-state index is -3.46. The van der Waals surface area contributed by atoms with Crippen molar-refractivity contribution in [2.45, 2.75) is 64.8 Å². The highest BCUT2D eigenvalue weighted by Gasteiger charge is 2.38. The molecule has 1 saturated carbocycles. The van der Waals surface area contributed by atoms with Crippen molar-refractivity contribution >= 4 is 16.1 Å². The van der Waals surface area contributed by atoms with E-state index in [9.17, 15) is 13.2 Å². The number of nitrogens with one attached hydrogen (secondary N) is 1. The van der Waals surface area contributed by atoms with Crippen LogP contribution in [0.15, 0.2) is 0 Å². The molecule has 0 aromatic heterocycles. The average molecular weight is 372 g/mol. The Labute approximate surface area is 152 Å². The summed E-state index contributed by atoms with van der Waals surface area (Å²) in [7, 11) is -3.46. The molecule has 3 fully saturated rings. The molecule has 3 unspecified atom stereocenters. The molecule has 0 aromatic carbocycles. The zero-order valence-corrected chi connectivity index (χ0v) is 16.4. The van der Waals surface area contributed by atoms with Gasteiger partial charge in [0, 0.05) is 32.2 Å². The Morgan fingerprint density at radius 1 is 0.920 bits per heavy atom. The van der Waals surface area contributed by atoms with E-state index in [1.54, 1.807) is 8.61 Å². The molecule has 6 nitrogen and oxygen atoms in total. The maximum atomic E-state index is 13.1. The van der Waals surface area contributed by atoms with Gasteiger partial charge in [-0.25, -0.2) is 0 Å². The molecule has 3 atom stereocenters. The fourth-order valence-corrected chi connectivity index (χ4v) is 6.65. The molecule has 7 heteroatoms. The van der Waals surface area contributed by atoms with Crippen LogP contribution >= 0.6 is 0 Å². The van der Waals surface area contributed by atoms with Gasteiger partial charge < -0.3 is 5.32 Å². The van der Waals surface area contributed by atoms with Gasteiger partial charge in [0.25, 0.3) is 10.2 Å². The van der Waals surface area contributed by atoms with E-state index >= 15 is 0 Å². The highest BCUT2D eigenvalue weighted by molar-refractivity contribution is 7.86. The van der Waals surface area contributed by atoms with Crippen LogP contribution in [0.2, 0.25) is 0 Å². The minimum absolute atomic E-state index is 0.0483. The fourth-order valence-electron chi connectivity index (χ4n) is 4.71. The molecule has 1 aliphatic carbocycles. The van der Waals surface area contributed by atoms with Crippen molar-refractivity contribution in [1.82, 2.24) is 13.9 Å². The molecule has 3 aliphatic rings. The Morgan fingerprint density at radius 3 is 2.20 bits per heavy atom. The van der Waals surface area contributed by atoms with Crippen molar-refractivity contribution in [1.29, 1.82) is 0 Å². The van der Waals surface area contributed by atoms with E-state index in [0.717, 1.165) is 32.1 Å². The summed E-state index contributed by atoms with van der Waals surface area (Å²) >= 11 is 0. The van der Waals surface area contributed by atoms with Crippen LogP contribution in [-0.2, 0) is 15.0 Å². The van der Waals surface area contributed by atoms with E-state index in [-0.39, 0.29) is 11.8 Å². The third-order valence-corrected chi connectivity index (χ3v) is 7.88. The first-order valence-corrected chi connectivity index (χ1v) is 11.3. The molecular weight excluding hydrogens is 338 g/mol. The van der Waals surface area contributed by atoms with E-state index in [2.05, 4.69) is 19.2 Å². The Balaban J connectivity index is 1.62. The summed E-state index contributed by atoms with van der Waals surface area (Å²) in [6.45, 7) is 6.30. The lowest BCUT2D eigenvalue weighted by molar-refractivity contribution is -0.126. The van der Waals surface area contributed by atoms with Crippen molar-refractivity contribution < 1.29 is 13.2 Å². The van der Waals surface area contributed by atoms with Gasteiger partial charge in [-0.1, -0.05) is 26.7 Å². The number of amides is 1. The van der Waals surface area contributed by atoms with E-state index in [0.29, 0.717) is 44.1 Å². The number of piperidine rings is 2. The van der Waals surface area contributed by atoms with Crippen LogP contribution in [0, 0.1) is 17.8 Å². The van der Waals surface area contributed by atoms with E-state index in [4.69, 9.17) is 0 Å². The third-order valence-electron chi connectivity index (χ3n) is 5.94. The van der Waals surface area contributed by atoms with Gasteiger partial charge in [0.2, 0.25) is 5.91 Å². The Morgan fingerprint density at radius 2 is 1.56 bits per heavy atom. The average Bonchev–Trinajstić information content (AvgIpc) is 3.07. The molecule has 0 aromatic rings. The molecule has 1 N–H and O–H groups in total. The number of hydrogen-bond donors (Lipinski definition) is 1. The maximum absolute atomic E-state index is 13.1. The third kappa shape index (κ3) is 4.55. The number of carbonyl (C=O) groups excluding carboxylic acids is 1. The predicted octanol–water partition coefficient (Wildman–Crippen LogP) is 1.98. The largest absolute Gasteiger partial charge is 0.353 e. The number of nitrogens with zero attached hydrogens (tertiary/aromatic N) is 2. The smallest absolute Gasteiger partial charge is 0.282 e. The van der Waals surface area contributed by atoms with Gasteiger partial charge in [0.15, 0.2) is 0 Å². The topological polar surface area (TPSA) is 69.7 Å². The fraction of sp³-hybridized carbons (Fsp3) is 0.944. The quantitative estimate of drug-likeness (QED) is 0.821. The van der Waals surface area contributed by atoms with Crippen LogP contribution in [-0.4, -0.2) is 55.2 Å². The van der Waals surface area contributed by atoms with Crippen molar-refractivity contribution in [3.05, 3.63) is 0 Å². The van der Waals surface area contributed by atoms with Gasteiger partial charge in [0.05, 0.1) is 5.92 Å². The first-order valence-electron chi connectivity index (χ1n) is 9.92. The van der Waals surface area contributed by atoms with E-state index in [1.807, 2.05) is 0 Å². The van der Waals surface area contributed by atoms with Crippen LogP contribution < -0.4 is 5.32 Å². The minimum Gasteiger partial charge on any atom is -0.353 e. The molecule has 1 amide bonds. The standard InChI is InChI=1S/C18H33N3O3S/c1-14-10-15(2)12-21(11-14)25(23,24)20-9-5-6-16(13-20)18(22)19-17-7-3-4-8-17/h14-17H,3-13H2,1-2H3,(H,19,22). The molecule has 2 aliphatic heterocycles. The number of carbonyl (C=O) groups is 1. The second-order valence-corrected chi connectivity index (χ2v) is 10.4. The molecule has 0 radical (unpaired) electrons. The SMILES string of the molecule is CC1CC(C)CN(S(=O)(=O)N2CCCC(C(=O)NC3CCCC3)C2)C1. The van der Waals surface area contributed by atoms with Crippen LogP contribution in [0.25, 0.3) is 0 Å². The molecule has 144 valence electrons. The lowest BCUT2D eigenvalue weighted by Crippen LogP contribution is -2.53. The maximum Gasteiger partial charge on any atom is 0.282 e. The number of rotatable bonds is 4. The zero-order valence-electron chi connectivity index (χ0n) is 15.6. The summed E-state index contributed by atoms with van der Waals surface area (Å²) < 4.78 is 29.3. The molecule has 2 saturated heterocycles. The van der Waals surface area contributed by atoms with Gasteiger partial charge >= 0.3 is 0 Å². The molecule has 25 heavy (non-hydrogen) atoms. The highest BCUT2D eigenvalue weighted by Crippen LogP contribution is 2.28. The molecule has 0 spiro atoms. The van der Waals surface area contributed by atoms with E-state index < -0.39 is 10.2 Å². The van der Waals surface area contributed by atoms with E-state index in [1.165, 1.54) is 12.8 Å². The van der Waals surface area contributed by atoms with Crippen LogP contribution in [0.3, 0.4) is 0 Å². The lowest BCUT2D eigenvalue weighted by atomic mass is 9.94. The predicted molar refractivity (Wildman–Crippen MR) is 98.1 cm³/mol. The summed E-state index contributed by atoms with van der Waals surface area (Å²) in [6.07, 6.45) is 7.12. The monoisotopic (exact) mass is 371 g/mol. The first kappa shape index (κ1) is 19.1. The van der Waals surface area contributed by atoms with Gasteiger partial charge in [-0.05, 0) is 43.9 Å². The first-order chi connectivity index (χ1) is 11.9. The Bertz CT molecular complexity index is 564.